The van der Waals surface area contributed by atoms with Crippen LogP contribution in [0.4, 0.5) is 0 Å². The number of carbonyl (C=O) groups excluding carboxylic acids is 2. The van der Waals surface area contributed by atoms with Crippen LogP contribution in [0.3, 0.4) is 0 Å². The van der Waals surface area contributed by atoms with E-state index in [1.165, 1.54) is 6.92 Å². The summed E-state index contributed by atoms with van der Waals surface area (Å²) in [4.78, 5) is 23.4. The summed E-state index contributed by atoms with van der Waals surface area (Å²) in [5, 5.41) is 0.633. The molecule has 0 aromatic carbocycles. The quantitative estimate of drug-likeness (QED) is 0.474. The summed E-state index contributed by atoms with van der Waals surface area (Å²) in [7, 11) is 0. The summed E-state index contributed by atoms with van der Waals surface area (Å²) in [6, 6.07) is 0. The summed E-state index contributed by atoms with van der Waals surface area (Å²) in [6.07, 6.45) is 0.654. The molecule has 0 unspecified atom stereocenters. The van der Waals surface area contributed by atoms with Crippen LogP contribution in [0, 0.1) is 0 Å². The summed E-state index contributed by atoms with van der Waals surface area (Å²) >= 11 is 1.73. The molecule has 5 heteroatoms. The van der Waals surface area contributed by atoms with Gasteiger partial charge in [0.1, 0.15) is 6.61 Å². The van der Waals surface area contributed by atoms with E-state index in [-0.39, 0.29) is 17.1 Å². The van der Waals surface area contributed by atoms with E-state index in [0.29, 0.717) is 18.4 Å². The van der Waals surface area contributed by atoms with Gasteiger partial charge in [0.15, 0.2) is 0 Å². The SMILES string of the molecule is CC(=O)OC[C@H]1CN2C(=O)C[C@@H]2S1. The molecule has 0 saturated carbocycles. The van der Waals surface area contributed by atoms with Gasteiger partial charge in [0, 0.05) is 13.5 Å². The normalized spacial score (nSPS) is 31.2. The third-order valence-corrected chi connectivity index (χ3v) is 3.64. The van der Waals surface area contributed by atoms with Crippen molar-refractivity contribution in [2.24, 2.45) is 0 Å². The van der Waals surface area contributed by atoms with Gasteiger partial charge in [-0.15, -0.1) is 11.8 Å². The highest BCUT2D eigenvalue weighted by molar-refractivity contribution is 8.00. The monoisotopic (exact) mass is 201 g/mol. The van der Waals surface area contributed by atoms with Crippen molar-refractivity contribution >= 4 is 23.6 Å². The number of hydrogen-bond donors (Lipinski definition) is 0. The molecule has 0 spiro atoms. The van der Waals surface area contributed by atoms with Crippen molar-refractivity contribution in [3.63, 3.8) is 0 Å². The van der Waals surface area contributed by atoms with Crippen LogP contribution in [0.2, 0.25) is 0 Å². The van der Waals surface area contributed by atoms with Crippen LogP contribution >= 0.6 is 11.8 Å². The molecular weight excluding hydrogens is 190 g/mol. The summed E-state index contributed by atoms with van der Waals surface area (Å²) < 4.78 is 4.89. The van der Waals surface area contributed by atoms with Gasteiger partial charge >= 0.3 is 5.97 Å². The zero-order chi connectivity index (χ0) is 9.42. The maximum absolute atomic E-state index is 11.0. The molecule has 0 bridgehead atoms. The lowest BCUT2D eigenvalue weighted by molar-refractivity contribution is -0.141. The van der Waals surface area contributed by atoms with Gasteiger partial charge < -0.3 is 9.64 Å². The molecule has 0 N–H and O–H groups in total. The molecule has 2 atom stereocenters. The third kappa shape index (κ3) is 1.65. The van der Waals surface area contributed by atoms with Crippen LogP contribution in [-0.2, 0) is 14.3 Å². The average molecular weight is 201 g/mol. The molecule has 0 aromatic heterocycles. The van der Waals surface area contributed by atoms with Crippen molar-refractivity contribution in [1.82, 2.24) is 4.90 Å². The first-order valence-corrected chi connectivity index (χ1v) is 5.19. The molecule has 2 saturated heterocycles. The minimum Gasteiger partial charge on any atom is -0.465 e. The van der Waals surface area contributed by atoms with Gasteiger partial charge in [0.2, 0.25) is 5.91 Å². The van der Waals surface area contributed by atoms with Gasteiger partial charge in [-0.3, -0.25) is 9.59 Å². The fourth-order valence-corrected chi connectivity index (χ4v) is 2.98. The largest absolute Gasteiger partial charge is 0.465 e. The third-order valence-electron chi connectivity index (χ3n) is 2.24. The standard InChI is InChI=1S/C8H11NO3S/c1-5(10)12-4-6-3-9-7(11)2-8(9)13-6/h6,8H,2-4H2,1H3/t6-,8+/m1/s1. The molecule has 4 nitrogen and oxygen atoms in total. The second kappa shape index (κ2) is 3.21. The van der Waals surface area contributed by atoms with Crippen molar-refractivity contribution in [3.05, 3.63) is 0 Å². The maximum atomic E-state index is 11.0. The predicted octanol–water partition coefficient (Wildman–Crippen LogP) is 0.223. The van der Waals surface area contributed by atoms with Crippen molar-refractivity contribution in [2.45, 2.75) is 24.0 Å². The Bertz CT molecular complexity index is 256. The molecule has 2 rings (SSSR count). The smallest absolute Gasteiger partial charge is 0.302 e. The minimum atomic E-state index is -0.249. The van der Waals surface area contributed by atoms with Crippen LogP contribution < -0.4 is 0 Å². The van der Waals surface area contributed by atoms with Gasteiger partial charge in [-0.2, -0.15) is 0 Å². The number of thioether (sulfide) groups is 1. The molecule has 0 aliphatic carbocycles. The molecule has 2 fully saturated rings. The number of nitrogens with zero attached hydrogens (tertiary/aromatic N) is 1. The molecule has 1 amide bonds. The highest BCUT2D eigenvalue weighted by Gasteiger charge is 2.44. The molecule has 72 valence electrons. The molecule has 2 heterocycles. The molecule has 13 heavy (non-hydrogen) atoms. The van der Waals surface area contributed by atoms with E-state index in [0.717, 1.165) is 6.54 Å². The van der Waals surface area contributed by atoms with Gasteiger partial charge in [-0.25, -0.2) is 0 Å². The number of carbonyl (C=O) groups is 2. The Hall–Kier alpha value is -0.710. The van der Waals surface area contributed by atoms with Crippen LogP contribution in [0.25, 0.3) is 0 Å². The first kappa shape index (κ1) is 8.87. The minimum absolute atomic E-state index is 0.225. The second-order valence-corrected chi connectivity index (χ2v) is 4.75. The Balaban J connectivity index is 1.78. The number of esters is 1. The molecular formula is C8H11NO3S. The van der Waals surface area contributed by atoms with Gasteiger partial charge in [-0.05, 0) is 0 Å². The summed E-state index contributed by atoms with van der Waals surface area (Å²) in [5.74, 6) is -0.0241. The second-order valence-electron chi connectivity index (χ2n) is 3.27. The molecule has 2 aliphatic heterocycles. The average Bonchev–Trinajstić information content (AvgIpc) is 2.39. The van der Waals surface area contributed by atoms with Crippen LogP contribution in [0.5, 0.6) is 0 Å². The molecule has 0 aromatic rings. The summed E-state index contributed by atoms with van der Waals surface area (Å²) in [6.45, 7) is 2.57. The number of fused-ring (bicyclic) bond motifs is 1. The number of β-lactam (4-membered cyclic amide) rings is 1. The molecule has 2 aliphatic rings. The fourth-order valence-electron chi connectivity index (χ4n) is 1.55. The highest BCUT2D eigenvalue weighted by Crippen LogP contribution is 2.39. The Kier molecular flexibility index (Phi) is 2.19. The molecule has 0 radical (unpaired) electrons. The van der Waals surface area contributed by atoms with E-state index in [2.05, 4.69) is 0 Å². The van der Waals surface area contributed by atoms with Crippen molar-refractivity contribution < 1.29 is 14.3 Å². The van der Waals surface area contributed by atoms with E-state index in [9.17, 15) is 9.59 Å². The van der Waals surface area contributed by atoms with E-state index in [1.807, 2.05) is 4.90 Å². The van der Waals surface area contributed by atoms with Crippen LogP contribution in [0.15, 0.2) is 0 Å². The van der Waals surface area contributed by atoms with Crippen molar-refractivity contribution in [2.75, 3.05) is 13.2 Å². The van der Waals surface area contributed by atoms with Crippen LogP contribution in [-0.4, -0.2) is 40.6 Å². The van der Waals surface area contributed by atoms with Crippen molar-refractivity contribution in [1.29, 1.82) is 0 Å². The zero-order valence-electron chi connectivity index (χ0n) is 7.36. The Morgan fingerprint density at radius 2 is 2.54 bits per heavy atom. The zero-order valence-corrected chi connectivity index (χ0v) is 8.17. The Morgan fingerprint density at radius 3 is 3.08 bits per heavy atom. The van der Waals surface area contributed by atoms with E-state index in [4.69, 9.17) is 4.74 Å². The number of rotatable bonds is 2. The lowest BCUT2D eigenvalue weighted by Gasteiger charge is -2.32. The Morgan fingerprint density at radius 1 is 1.77 bits per heavy atom. The summed E-state index contributed by atoms with van der Waals surface area (Å²) in [5.41, 5.74) is 0. The van der Waals surface area contributed by atoms with Gasteiger partial charge in [0.25, 0.3) is 0 Å². The maximum Gasteiger partial charge on any atom is 0.302 e. The first-order valence-electron chi connectivity index (χ1n) is 4.25. The van der Waals surface area contributed by atoms with E-state index < -0.39 is 0 Å². The van der Waals surface area contributed by atoms with Crippen LogP contribution in [0.1, 0.15) is 13.3 Å². The Labute approximate surface area is 80.6 Å². The fraction of sp³-hybridized carbons (Fsp3) is 0.750. The number of hydrogen-bond acceptors (Lipinski definition) is 4. The topological polar surface area (TPSA) is 46.6 Å². The van der Waals surface area contributed by atoms with Gasteiger partial charge in [0.05, 0.1) is 17.0 Å². The van der Waals surface area contributed by atoms with Gasteiger partial charge in [-0.1, -0.05) is 0 Å². The van der Waals surface area contributed by atoms with E-state index in [1.54, 1.807) is 11.8 Å². The van der Waals surface area contributed by atoms with Crippen molar-refractivity contribution in [3.8, 4) is 0 Å². The lowest BCUT2D eigenvalue weighted by Crippen LogP contribution is -2.47. The number of amides is 1. The predicted molar refractivity (Wildman–Crippen MR) is 48.1 cm³/mol. The highest BCUT2D eigenvalue weighted by atomic mass is 32.2. The van der Waals surface area contributed by atoms with E-state index >= 15 is 0 Å². The number of ether oxygens (including phenoxy) is 1. The first-order chi connectivity index (χ1) is 6.16. The lowest BCUT2D eigenvalue weighted by atomic mass is 10.2.